The van der Waals surface area contributed by atoms with Crippen molar-refractivity contribution in [2.24, 2.45) is 0 Å². The van der Waals surface area contributed by atoms with Crippen molar-refractivity contribution >= 4 is 39.6 Å². The van der Waals surface area contributed by atoms with Crippen LogP contribution in [0.3, 0.4) is 0 Å². The third kappa shape index (κ3) is 4.19. The van der Waals surface area contributed by atoms with Crippen LogP contribution in [0.4, 0.5) is 17.1 Å². The van der Waals surface area contributed by atoms with Crippen LogP contribution < -0.4 is 15.5 Å². The molecule has 5 heterocycles. The maximum atomic E-state index is 11.8. The molecule has 8 heteroatoms. The Kier molecular flexibility index (Phi) is 5.85. The lowest BCUT2D eigenvalue weighted by Gasteiger charge is -2.28. The fourth-order valence-electron chi connectivity index (χ4n) is 5.03. The fraction of sp³-hybridized carbons (Fsp3) is 0.286. The first-order valence-corrected chi connectivity index (χ1v) is 12.6. The van der Waals surface area contributed by atoms with E-state index in [0.717, 1.165) is 70.1 Å². The van der Waals surface area contributed by atoms with Crippen molar-refractivity contribution in [3.63, 3.8) is 0 Å². The minimum absolute atomic E-state index is 0.0305. The largest absolute Gasteiger partial charge is 0.381 e. The average molecular weight is 480 g/mol. The van der Waals surface area contributed by atoms with E-state index < -0.39 is 0 Å². The van der Waals surface area contributed by atoms with Crippen molar-refractivity contribution in [1.82, 2.24) is 19.9 Å². The number of H-pyrrole nitrogens is 1. The highest BCUT2D eigenvalue weighted by Gasteiger charge is 2.21. The molecule has 3 N–H and O–H groups in total. The van der Waals surface area contributed by atoms with Gasteiger partial charge in [0.05, 0.1) is 35.5 Å². The second-order valence-electron chi connectivity index (χ2n) is 9.31. The molecular weight excluding hydrogens is 450 g/mol. The van der Waals surface area contributed by atoms with Gasteiger partial charge in [0.2, 0.25) is 5.91 Å². The number of aromatic amines is 1. The van der Waals surface area contributed by atoms with Crippen LogP contribution >= 0.6 is 0 Å². The number of imidazole rings is 1. The van der Waals surface area contributed by atoms with Crippen LogP contribution in [-0.2, 0) is 4.79 Å². The van der Waals surface area contributed by atoms with Gasteiger partial charge in [-0.3, -0.25) is 14.8 Å². The van der Waals surface area contributed by atoms with Crippen LogP contribution in [0.25, 0.3) is 27.7 Å². The smallest absolute Gasteiger partial charge is 0.224 e. The van der Waals surface area contributed by atoms with Gasteiger partial charge in [-0.05, 0) is 43.0 Å². The summed E-state index contributed by atoms with van der Waals surface area (Å²) in [4.78, 5) is 31.7. The number of amides is 1. The van der Waals surface area contributed by atoms with E-state index in [-0.39, 0.29) is 5.91 Å². The number of benzene rings is 1. The molecule has 0 aliphatic carbocycles. The van der Waals surface area contributed by atoms with Gasteiger partial charge in [-0.1, -0.05) is 19.1 Å². The molecule has 0 unspecified atom stereocenters. The molecule has 1 amide bonds. The monoisotopic (exact) mass is 479 g/mol. The first-order chi connectivity index (χ1) is 17.7. The molecule has 1 fully saturated rings. The maximum absolute atomic E-state index is 11.8. The fourth-order valence-corrected chi connectivity index (χ4v) is 5.03. The zero-order valence-corrected chi connectivity index (χ0v) is 20.3. The highest BCUT2D eigenvalue weighted by Crippen LogP contribution is 2.36. The van der Waals surface area contributed by atoms with Gasteiger partial charge in [-0.15, -0.1) is 0 Å². The van der Waals surface area contributed by atoms with Gasteiger partial charge in [0.1, 0.15) is 11.3 Å². The number of nitrogens with one attached hydrogen (secondary N) is 3. The first-order valence-electron chi connectivity index (χ1n) is 12.6. The molecule has 182 valence electrons. The van der Waals surface area contributed by atoms with Crippen LogP contribution in [0, 0.1) is 0 Å². The number of anilines is 3. The summed E-state index contributed by atoms with van der Waals surface area (Å²) in [5.41, 5.74) is 8.90. The highest BCUT2D eigenvalue weighted by atomic mass is 16.1. The number of carbonyl (C=O) groups excluding carboxylic acids is 1. The second-order valence-corrected chi connectivity index (χ2v) is 9.31. The molecular formula is C28H29N7O. The third-order valence-corrected chi connectivity index (χ3v) is 6.91. The molecule has 0 saturated carbocycles. The lowest BCUT2D eigenvalue weighted by molar-refractivity contribution is -0.115. The number of fused-ring (bicyclic) bond motifs is 2. The Labute approximate surface area is 209 Å². The summed E-state index contributed by atoms with van der Waals surface area (Å²) in [6.07, 6.45) is 13.6. The first kappa shape index (κ1) is 22.3. The Morgan fingerprint density at radius 2 is 1.89 bits per heavy atom. The number of rotatable bonds is 5. The Morgan fingerprint density at radius 3 is 2.75 bits per heavy atom. The molecule has 6 rings (SSSR count). The van der Waals surface area contributed by atoms with E-state index in [1.165, 1.54) is 19.3 Å². The summed E-state index contributed by atoms with van der Waals surface area (Å²) in [5.74, 6) is 0.815. The van der Waals surface area contributed by atoms with Crippen LogP contribution in [0.5, 0.6) is 0 Å². The molecule has 8 nitrogen and oxygen atoms in total. The molecule has 3 aromatic heterocycles. The summed E-state index contributed by atoms with van der Waals surface area (Å²) in [6.45, 7) is 4.66. The predicted molar refractivity (Wildman–Crippen MR) is 144 cm³/mol. The summed E-state index contributed by atoms with van der Waals surface area (Å²) in [5, 5.41) is 6.37. The van der Waals surface area contributed by atoms with Gasteiger partial charge in [-0.2, -0.15) is 0 Å². The van der Waals surface area contributed by atoms with E-state index >= 15 is 0 Å². The van der Waals surface area contributed by atoms with Crippen LogP contribution in [0.15, 0.2) is 55.1 Å². The van der Waals surface area contributed by atoms with Gasteiger partial charge in [-0.25, -0.2) is 4.98 Å². The van der Waals surface area contributed by atoms with E-state index in [4.69, 9.17) is 4.98 Å². The maximum Gasteiger partial charge on any atom is 0.224 e. The van der Waals surface area contributed by atoms with Crippen molar-refractivity contribution in [3.8, 4) is 11.1 Å². The normalized spacial score (nSPS) is 15.2. The highest BCUT2D eigenvalue weighted by molar-refractivity contribution is 5.94. The molecule has 2 aliphatic heterocycles. The number of carbonyl (C=O) groups is 1. The van der Waals surface area contributed by atoms with Crippen LogP contribution in [0.2, 0.25) is 0 Å². The Hall–Kier alpha value is -4.20. The minimum atomic E-state index is -0.0305. The Bertz CT molecular complexity index is 1470. The molecule has 0 atom stereocenters. The van der Waals surface area contributed by atoms with Crippen molar-refractivity contribution in [1.29, 1.82) is 0 Å². The number of nitrogens with zero attached hydrogens (tertiary/aromatic N) is 4. The number of pyridine rings is 2. The lowest BCUT2D eigenvalue weighted by Crippen LogP contribution is -2.29. The third-order valence-electron chi connectivity index (χ3n) is 6.91. The molecule has 1 saturated heterocycles. The molecule has 1 aromatic carbocycles. The van der Waals surface area contributed by atoms with E-state index in [1.807, 2.05) is 31.6 Å². The number of hydrogen-bond donors (Lipinski definition) is 3. The predicted octanol–water partition coefficient (Wildman–Crippen LogP) is 5.22. The van der Waals surface area contributed by atoms with Crippen molar-refractivity contribution < 1.29 is 4.79 Å². The zero-order valence-electron chi connectivity index (χ0n) is 20.3. The SMILES string of the molecule is CCC(=O)Nc1cncc(-c2ccc3c(c2)C(c2nc4c(N5CCCCC5)cncc4[nH]2)=CCN3)c1. The Morgan fingerprint density at radius 1 is 1.03 bits per heavy atom. The molecule has 0 spiro atoms. The average Bonchev–Trinajstić information content (AvgIpc) is 3.37. The van der Waals surface area contributed by atoms with Crippen LogP contribution in [-0.4, -0.2) is 45.5 Å². The summed E-state index contributed by atoms with van der Waals surface area (Å²) in [6, 6.07) is 8.29. The summed E-state index contributed by atoms with van der Waals surface area (Å²) < 4.78 is 0. The minimum Gasteiger partial charge on any atom is -0.381 e. The van der Waals surface area contributed by atoms with Gasteiger partial charge in [0.15, 0.2) is 0 Å². The summed E-state index contributed by atoms with van der Waals surface area (Å²) >= 11 is 0. The number of piperidine rings is 1. The number of aromatic nitrogens is 4. The molecule has 36 heavy (non-hydrogen) atoms. The molecule has 4 aromatic rings. The zero-order chi connectivity index (χ0) is 24.5. The van der Waals surface area contributed by atoms with Crippen molar-refractivity contribution in [3.05, 3.63) is 66.5 Å². The standard InChI is InChI=1S/C28H29N7O/c1-2-26(36)32-20-12-19(14-29-15-20)18-6-7-23-22(13-18)21(8-9-31-23)28-33-24-16-30-17-25(27(24)34-28)35-10-4-3-5-11-35/h6-8,12-17,31H,2-5,9-11H2,1H3,(H,32,36)(H,33,34). The summed E-state index contributed by atoms with van der Waals surface area (Å²) in [7, 11) is 0. The van der Waals surface area contributed by atoms with E-state index in [0.29, 0.717) is 12.1 Å². The van der Waals surface area contributed by atoms with Gasteiger partial charge < -0.3 is 20.5 Å². The molecule has 0 bridgehead atoms. The topological polar surface area (TPSA) is 98.8 Å². The van der Waals surface area contributed by atoms with Gasteiger partial charge in [0, 0.05) is 54.6 Å². The van der Waals surface area contributed by atoms with Crippen molar-refractivity contribution in [2.45, 2.75) is 32.6 Å². The van der Waals surface area contributed by atoms with Gasteiger partial charge in [0.25, 0.3) is 0 Å². The van der Waals surface area contributed by atoms with Gasteiger partial charge >= 0.3 is 0 Å². The second kappa shape index (κ2) is 9.45. The molecule has 0 radical (unpaired) electrons. The Balaban J connectivity index is 1.37. The van der Waals surface area contributed by atoms with E-state index in [9.17, 15) is 4.79 Å². The van der Waals surface area contributed by atoms with Crippen LogP contribution in [0.1, 0.15) is 44.0 Å². The number of hydrogen-bond acceptors (Lipinski definition) is 6. The van der Waals surface area contributed by atoms with E-state index in [2.05, 4.69) is 54.8 Å². The lowest BCUT2D eigenvalue weighted by atomic mass is 9.95. The van der Waals surface area contributed by atoms with Crippen molar-refractivity contribution in [2.75, 3.05) is 35.2 Å². The quantitative estimate of drug-likeness (QED) is 0.363. The molecule has 2 aliphatic rings. The van der Waals surface area contributed by atoms with E-state index in [1.54, 1.807) is 6.20 Å².